The zero-order valence-electron chi connectivity index (χ0n) is 7.23. The Morgan fingerprint density at radius 1 is 1.67 bits per heavy atom. The van der Waals surface area contributed by atoms with Gasteiger partial charge in [-0.3, -0.25) is 4.79 Å². The lowest BCUT2D eigenvalue weighted by molar-refractivity contribution is -0.130. The van der Waals surface area contributed by atoms with Gasteiger partial charge >= 0.3 is 7.12 Å². The van der Waals surface area contributed by atoms with Crippen LogP contribution >= 0.6 is 0 Å². The molecule has 1 rings (SSSR count). The third kappa shape index (κ3) is 1.79. The largest absolute Gasteiger partial charge is 0.475 e. The molecule has 0 spiro atoms. The van der Waals surface area contributed by atoms with Crippen LogP contribution < -0.4 is 0 Å². The Morgan fingerprint density at radius 3 is 2.83 bits per heavy atom. The maximum Gasteiger partial charge on any atom is 0.475 e. The van der Waals surface area contributed by atoms with Crippen LogP contribution in [0.3, 0.4) is 0 Å². The Balaban J connectivity index is 2.57. The number of likely N-dealkylation sites (tertiary alicyclic amines) is 1. The molecule has 0 aromatic carbocycles. The quantitative estimate of drug-likeness (QED) is 0.545. The molecule has 1 amide bonds. The molecule has 12 heavy (non-hydrogen) atoms. The third-order valence-corrected chi connectivity index (χ3v) is 2.27. The normalized spacial score (nSPS) is 22.9. The van der Waals surface area contributed by atoms with Crippen LogP contribution in [0.1, 0.15) is 26.2 Å². The molecule has 0 unspecified atom stereocenters. The second-order valence-electron chi connectivity index (χ2n) is 3.06. The summed E-state index contributed by atoms with van der Waals surface area (Å²) in [7, 11) is -1.39. The van der Waals surface area contributed by atoms with Gasteiger partial charge in [0.2, 0.25) is 5.91 Å². The van der Waals surface area contributed by atoms with Gasteiger partial charge < -0.3 is 14.9 Å². The number of carbonyl (C=O) groups excluding carboxylic acids is 1. The number of rotatable bonds is 2. The van der Waals surface area contributed by atoms with E-state index >= 15 is 0 Å². The predicted molar refractivity (Wildman–Crippen MR) is 45.2 cm³/mol. The van der Waals surface area contributed by atoms with E-state index in [-0.39, 0.29) is 11.8 Å². The first-order chi connectivity index (χ1) is 5.66. The summed E-state index contributed by atoms with van der Waals surface area (Å²) in [4.78, 5) is 12.8. The second kappa shape index (κ2) is 3.91. The van der Waals surface area contributed by atoms with E-state index in [9.17, 15) is 4.79 Å². The number of carbonyl (C=O) groups is 1. The molecular weight excluding hydrogens is 157 g/mol. The van der Waals surface area contributed by atoms with Crippen molar-refractivity contribution in [1.82, 2.24) is 4.90 Å². The highest BCUT2D eigenvalue weighted by molar-refractivity contribution is 6.43. The van der Waals surface area contributed by atoms with Gasteiger partial charge in [0.1, 0.15) is 0 Å². The van der Waals surface area contributed by atoms with E-state index in [4.69, 9.17) is 10.0 Å². The molecule has 0 aliphatic carbocycles. The van der Waals surface area contributed by atoms with E-state index in [0.29, 0.717) is 19.4 Å². The molecule has 1 atom stereocenters. The minimum Gasteiger partial charge on any atom is -0.426 e. The maximum atomic E-state index is 11.2. The summed E-state index contributed by atoms with van der Waals surface area (Å²) in [5.41, 5.74) is 0. The first-order valence-electron chi connectivity index (χ1n) is 4.32. The SMILES string of the molecule is CCC(=O)N1CCC[C@H]1B(O)O. The summed E-state index contributed by atoms with van der Waals surface area (Å²) in [5.74, 6) is -0.372. The highest BCUT2D eigenvalue weighted by Gasteiger charge is 2.35. The molecule has 0 aromatic heterocycles. The molecule has 0 aromatic rings. The molecule has 1 heterocycles. The lowest BCUT2D eigenvalue weighted by Gasteiger charge is -2.23. The average Bonchev–Trinajstić information content (AvgIpc) is 2.50. The Hall–Kier alpha value is -0.545. The molecule has 1 aliphatic rings. The Morgan fingerprint density at radius 2 is 2.33 bits per heavy atom. The van der Waals surface area contributed by atoms with Crippen LogP contribution in [0.25, 0.3) is 0 Å². The van der Waals surface area contributed by atoms with Crippen molar-refractivity contribution in [3.63, 3.8) is 0 Å². The van der Waals surface area contributed by atoms with Gasteiger partial charge in [-0.15, -0.1) is 0 Å². The number of nitrogens with zero attached hydrogens (tertiary/aromatic N) is 1. The topological polar surface area (TPSA) is 60.8 Å². The Labute approximate surface area is 72.3 Å². The summed E-state index contributed by atoms with van der Waals surface area (Å²) in [6.45, 7) is 2.44. The van der Waals surface area contributed by atoms with E-state index in [2.05, 4.69) is 0 Å². The lowest BCUT2D eigenvalue weighted by atomic mass is 9.78. The molecular formula is C7H14BNO3. The van der Waals surface area contributed by atoms with Gasteiger partial charge in [0.25, 0.3) is 0 Å². The molecule has 0 bridgehead atoms. The van der Waals surface area contributed by atoms with Crippen molar-refractivity contribution in [3.05, 3.63) is 0 Å². The molecule has 4 nitrogen and oxygen atoms in total. The van der Waals surface area contributed by atoms with Gasteiger partial charge in [-0.05, 0) is 12.8 Å². The van der Waals surface area contributed by atoms with Crippen LogP contribution in [0.4, 0.5) is 0 Å². The molecule has 1 saturated heterocycles. The molecule has 1 fully saturated rings. The molecule has 5 heteroatoms. The summed E-state index contributed by atoms with van der Waals surface area (Å²) in [6.07, 6.45) is 2.00. The van der Waals surface area contributed by atoms with Gasteiger partial charge in [-0.25, -0.2) is 0 Å². The van der Waals surface area contributed by atoms with E-state index in [1.807, 2.05) is 0 Å². The highest BCUT2D eigenvalue weighted by atomic mass is 16.4. The minimum atomic E-state index is -1.39. The third-order valence-electron chi connectivity index (χ3n) is 2.27. The van der Waals surface area contributed by atoms with Crippen molar-refractivity contribution in [3.8, 4) is 0 Å². The van der Waals surface area contributed by atoms with Crippen LogP contribution in [-0.4, -0.2) is 40.5 Å². The van der Waals surface area contributed by atoms with Crippen molar-refractivity contribution in [1.29, 1.82) is 0 Å². The smallest absolute Gasteiger partial charge is 0.426 e. The molecule has 0 radical (unpaired) electrons. The monoisotopic (exact) mass is 171 g/mol. The van der Waals surface area contributed by atoms with Gasteiger partial charge in [0.15, 0.2) is 0 Å². The van der Waals surface area contributed by atoms with Crippen LogP contribution in [0.5, 0.6) is 0 Å². The van der Waals surface area contributed by atoms with Crippen LogP contribution in [-0.2, 0) is 4.79 Å². The Bertz CT molecular complexity index is 174. The summed E-state index contributed by atoms with van der Waals surface area (Å²) >= 11 is 0. The van der Waals surface area contributed by atoms with E-state index in [0.717, 1.165) is 6.42 Å². The van der Waals surface area contributed by atoms with Crippen LogP contribution in [0.15, 0.2) is 0 Å². The second-order valence-corrected chi connectivity index (χ2v) is 3.06. The summed E-state index contributed by atoms with van der Waals surface area (Å²) in [6, 6.07) is 0. The minimum absolute atomic E-state index is 0.00519. The van der Waals surface area contributed by atoms with Crippen molar-refractivity contribution < 1.29 is 14.8 Å². The first kappa shape index (κ1) is 9.54. The fourth-order valence-corrected chi connectivity index (χ4v) is 1.62. The summed E-state index contributed by atoms with van der Waals surface area (Å²) < 4.78 is 0. The van der Waals surface area contributed by atoms with Crippen LogP contribution in [0, 0.1) is 0 Å². The predicted octanol–water partition coefficient (Wildman–Crippen LogP) is -0.601. The van der Waals surface area contributed by atoms with Crippen molar-refractivity contribution >= 4 is 13.0 Å². The van der Waals surface area contributed by atoms with Gasteiger partial charge in [-0.1, -0.05) is 6.92 Å². The molecule has 2 N–H and O–H groups in total. The van der Waals surface area contributed by atoms with E-state index in [1.165, 1.54) is 0 Å². The van der Waals surface area contributed by atoms with Crippen molar-refractivity contribution in [2.75, 3.05) is 6.54 Å². The molecule has 1 aliphatic heterocycles. The number of hydrogen-bond acceptors (Lipinski definition) is 3. The first-order valence-corrected chi connectivity index (χ1v) is 4.32. The maximum absolute atomic E-state index is 11.2. The van der Waals surface area contributed by atoms with Gasteiger partial charge in [0, 0.05) is 13.0 Å². The zero-order chi connectivity index (χ0) is 9.14. The summed E-state index contributed by atoms with van der Waals surface area (Å²) in [5, 5.41) is 17.9. The number of hydrogen-bond donors (Lipinski definition) is 2. The van der Waals surface area contributed by atoms with Gasteiger partial charge in [-0.2, -0.15) is 0 Å². The van der Waals surface area contributed by atoms with Crippen LogP contribution in [0.2, 0.25) is 0 Å². The average molecular weight is 171 g/mol. The lowest BCUT2D eigenvalue weighted by Crippen LogP contribution is -2.45. The zero-order valence-corrected chi connectivity index (χ0v) is 7.23. The highest BCUT2D eigenvalue weighted by Crippen LogP contribution is 2.18. The molecule has 0 saturated carbocycles. The van der Waals surface area contributed by atoms with E-state index in [1.54, 1.807) is 11.8 Å². The van der Waals surface area contributed by atoms with Gasteiger partial charge in [0.05, 0.1) is 5.94 Å². The number of amides is 1. The fourth-order valence-electron chi connectivity index (χ4n) is 1.62. The fraction of sp³-hybridized carbons (Fsp3) is 0.857. The van der Waals surface area contributed by atoms with Crippen molar-refractivity contribution in [2.45, 2.75) is 32.1 Å². The standard InChI is InChI=1S/C7H14BNO3/c1-2-7(10)9-5-3-4-6(9)8(11)12/h6,11-12H,2-5H2,1H3/t6-/m0/s1. The van der Waals surface area contributed by atoms with Crippen molar-refractivity contribution in [2.24, 2.45) is 0 Å². The molecule has 68 valence electrons. The Kier molecular flexibility index (Phi) is 3.11. The van der Waals surface area contributed by atoms with E-state index < -0.39 is 7.12 Å².